The Morgan fingerprint density at radius 2 is 1.66 bits per heavy atom. The molecule has 29 heavy (non-hydrogen) atoms. The van der Waals surface area contributed by atoms with Crippen molar-refractivity contribution in [2.24, 2.45) is 0 Å². The fraction of sp³-hybridized carbons (Fsp3) is 0.500. The molecule has 1 saturated heterocycles. The van der Waals surface area contributed by atoms with Gasteiger partial charge in [0.25, 0.3) is 11.8 Å². The quantitative estimate of drug-likeness (QED) is 0.711. The molecule has 9 nitrogen and oxygen atoms in total. The van der Waals surface area contributed by atoms with Crippen molar-refractivity contribution in [2.75, 3.05) is 13.7 Å². The van der Waals surface area contributed by atoms with Gasteiger partial charge >= 0.3 is 12.1 Å². The first-order valence-electron chi connectivity index (χ1n) is 9.21. The lowest BCUT2D eigenvalue weighted by Crippen LogP contribution is -2.54. The molecule has 0 bridgehead atoms. The lowest BCUT2D eigenvalue weighted by atomic mass is 9.98. The normalized spacial score (nSPS) is 24.0. The molecule has 3 amide bonds. The molecule has 0 aliphatic carbocycles. The highest BCUT2D eigenvalue weighted by atomic mass is 16.7. The van der Waals surface area contributed by atoms with E-state index in [0.29, 0.717) is 5.06 Å². The fourth-order valence-electron chi connectivity index (χ4n) is 3.40. The predicted molar refractivity (Wildman–Crippen MR) is 99.8 cm³/mol. The van der Waals surface area contributed by atoms with E-state index < -0.39 is 41.1 Å². The van der Waals surface area contributed by atoms with Gasteiger partial charge in [-0.3, -0.25) is 14.5 Å². The maximum Gasteiger partial charge on any atom is 0.411 e. The summed E-state index contributed by atoms with van der Waals surface area (Å²) >= 11 is 0. The van der Waals surface area contributed by atoms with Crippen LogP contribution in [0, 0.1) is 0 Å². The van der Waals surface area contributed by atoms with Gasteiger partial charge in [-0.05, 0) is 39.8 Å². The first-order chi connectivity index (χ1) is 13.5. The van der Waals surface area contributed by atoms with Crippen molar-refractivity contribution in [3.8, 4) is 0 Å². The molecule has 0 aromatic heterocycles. The molecule has 2 aliphatic heterocycles. The SMILES string of the molecule is COC1CN(C(=O)OC(C)(C)C)C(C)(C(=O)ON2C(=O)c3ccccc3C2=O)C1. The molecule has 1 fully saturated rings. The molecule has 2 aliphatic rings. The van der Waals surface area contributed by atoms with Crippen molar-refractivity contribution < 1.29 is 33.5 Å². The number of benzene rings is 1. The topological polar surface area (TPSA) is 102 Å². The van der Waals surface area contributed by atoms with Gasteiger partial charge in [-0.2, -0.15) is 0 Å². The Balaban J connectivity index is 1.83. The third-order valence-corrected chi connectivity index (χ3v) is 4.93. The Hall–Kier alpha value is -2.94. The van der Waals surface area contributed by atoms with E-state index >= 15 is 0 Å². The average Bonchev–Trinajstić information content (AvgIpc) is 3.12. The van der Waals surface area contributed by atoms with Crippen LogP contribution in [0.3, 0.4) is 0 Å². The number of hydrogen-bond donors (Lipinski definition) is 0. The van der Waals surface area contributed by atoms with Crippen LogP contribution in [-0.2, 0) is 19.1 Å². The lowest BCUT2D eigenvalue weighted by Gasteiger charge is -2.34. The molecule has 3 rings (SSSR count). The molecule has 156 valence electrons. The van der Waals surface area contributed by atoms with Gasteiger partial charge in [0, 0.05) is 13.5 Å². The molecule has 0 radical (unpaired) electrons. The molecule has 1 aromatic rings. The van der Waals surface area contributed by atoms with Crippen LogP contribution >= 0.6 is 0 Å². The van der Waals surface area contributed by atoms with Crippen LogP contribution in [0.25, 0.3) is 0 Å². The summed E-state index contributed by atoms with van der Waals surface area (Å²) < 4.78 is 10.7. The number of methoxy groups -OCH3 is 1. The Morgan fingerprint density at radius 3 is 2.14 bits per heavy atom. The van der Waals surface area contributed by atoms with Crippen molar-refractivity contribution in [3.63, 3.8) is 0 Å². The number of imide groups is 1. The molecule has 2 unspecified atom stereocenters. The van der Waals surface area contributed by atoms with E-state index in [1.54, 1.807) is 32.9 Å². The first kappa shape index (κ1) is 20.8. The smallest absolute Gasteiger partial charge is 0.411 e. The van der Waals surface area contributed by atoms with Gasteiger partial charge in [0.15, 0.2) is 0 Å². The van der Waals surface area contributed by atoms with Crippen molar-refractivity contribution in [1.29, 1.82) is 0 Å². The van der Waals surface area contributed by atoms with E-state index in [2.05, 4.69) is 0 Å². The van der Waals surface area contributed by atoms with E-state index in [1.165, 1.54) is 31.1 Å². The third-order valence-electron chi connectivity index (χ3n) is 4.93. The number of ether oxygens (including phenoxy) is 2. The van der Waals surface area contributed by atoms with Gasteiger partial charge in [-0.1, -0.05) is 17.2 Å². The third kappa shape index (κ3) is 3.69. The van der Waals surface area contributed by atoms with E-state index in [0.717, 1.165) is 0 Å². The summed E-state index contributed by atoms with van der Waals surface area (Å²) in [4.78, 5) is 57.1. The summed E-state index contributed by atoms with van der Waals surface area (Å²) in [5, 5.41) is 0.436. The maximum absolute atomic E-state index is 13.0. The number of carbonyl (C=O) groups excluding carboxylic acids is 4. The molecule has 1 aromatic carbocycles. The zero-order chi connectivity index (χ0) is 21.6. The second-order valence-corrected chi connectivity index (χ2v) is 8.26. The number of nitrogens with zero attached hydrogens (tertiary/aromatic N) is 2. The minimum Gasteiger partial charge on any atom is -0.444 e. The van der Waals surface area contributed by atoms with Crippen LogP contribution in [-0.4, -0.2) is 64.7 Å². The largest absolute Gasteiger partial charge is 0.444 e. The van der Waals surface area contributed by atoms with Gasteiger partial charge in [-0.15, -0.1) is 0 Å². The van der Waals surface area contributed by atoms with Crippen LogP contribution in [0.4, 0.5) is 4.79 Å². The molecular formula is C20H24N2O7. The van der Waals surface area contributed by atoms with Crippen LogP contribution < -0.4 is 0 Å². The summed E-state index contributed by atoms with van der Waals surface area (Å²) in [5.74, 6) is -2.38. The van der Waals surface area contributed by atoms with E-state index in [-0.39, 0.29) is 24.1 Å². The number of rotatable bonds is 3. The van der Waals surface area contributed by atoms with E-state index in [1.807, 2.05) is 0 Å². The number of amides is 3. The molecule has 0 saturated carbocycles. The van der Waals surface area contributed by atoms with E-state index in [9.17, 15) is 19.2 Å². The number of fused-ring (bicyclic) bond motifs is 1. The van der Waals surface area contributed by atoms with Crippen molar-refractivity contribution in [2.45, 2.75) is 51.4 Å². The fourth-order valence-corrected chi connectivity index (χ4v) is 3.40. The van der Waals surface area contributed by atoms with Crippen molar-refractivity contribution in [3.05, 3.63) is 35.4 Å². The van der Waals surface area contributed by atoms with Crippen molar-refractivity contribution in [1.82, 2.24) is 9.96 Å². The minimum absolute atomic E-state index is 0.110. The lowest BCUT2D eigenvalue weighted by molar-refractivity contribution is -0.180. The molecule has 2 atom stereocenters. The highest BCUT2D eigenvalue weighted by Crippen LogP contribution is 2.34. The summed E-state index contributed by atoms with van der Waals surface area (Å²) in [6, 6.07) is 6.19. The molecular weight excluding hydrogens is 380 g/mol. The van der Waals surface area contributed by atoms with Gasteiger partial charge in [-0.25, -0.2) is 9.59 Å². The van der Waals surface area contributed by atoms with Crippen LogP contribution in [0.1, 0.15) is 54.8 Å². The summed E-state index contributed by atoms with van der Waals surface area (Å²) in [6.45, 7) is 6.74. The van der Waals surface area contributed by atoms with Gasteiger partial charge in [0.2, 0.25) is 0 Å². The summed E-state index contributed by atoms with van der Waals surface area (Å²) in [5.41, 5.74) is -1.94. The second kappa shape index (κ2) is 7.14. The molecule has 9 heteroatoms. The second-order valence-electron chi connectivity index (χ2n) is 8.26. The number of carbonyl (C=O) groups is 4. The van der Waals surface area contributed by atoms with Crippen molar-refractivity contribution >= 4 is 23.9 Å². The molecule has 2 heterocycles. The summed E-state index contributed by atoms with van der Waals surface area (Å²) in [6.07, 6.45) is -1.01. The highest BCUT2D eigenvalue weighted by molar-refractivity contribution is 6.21. The highest BCUT2D eigenvalue weighted by Gasteiger charge is 2.54. The van der Waals surface area contributed by atoms with Crippen LogP contribution in [0.15, 0.2) is 24.3 Å². The average molecular weight is 404 g/mol. The van der Waals surface area contributed by atoms with E-state index in [4.69, 9.17) is 14.3 Å². The zero-order valence-electron chi connectivity index (χ0n) is 17.1. The Labute approximate surface area is 168 Å². The minimum atomic E-state index is -1.47. The first-order valence-corrected chi connectivity index (χ1v) is 9.21. The zero-order valence-corrected chi connectivity index (χ0v) is 17.1. The number of hydroxylamine groups is 2. The predicted octanol–water partition coefficient (Wildman–Crippen LogP) is 2.16. The Kier molecular flexibility index (Phi) is 5.12. The van der Waals surface area contributed by atoms with Gasteiger partial charge in [0.1, 0.15) is 11.1 Å². The van der Waals surface area contributed by atoms with Gasteiger partial charge in [0.05, 0.1) is 23.8 Å². The monoisotopic (exact) mass is 404 g/mol. The number of hydrogen-bond acceptors (Lipinski definition) is 7. The standard InChI is InChI=1S/C20H24N2O7/c1-19(2,3)28-18(26)21-11-12(27-5)10-20(21,4)17(25)29-22-15(23)13-8-6-7-9-14(13)16(22)24/h6-9,12H,10-11H2,1-5H3. The van der Waals surface area contributed by atoms with Crippen LogP contribution in [0.2, 0.25) is 0 Å². The molecule has 0 N–H and O–H groups in total. The van der Waals surface area contributed by atoms with Crippen LogP contribution in [0.5, 0.6) is 0 Å². The summed E-state index contributed by atoms with van der Waals surface area (Å²) in [7, 11) is 1.47. The van der Waals surface area contributed by atoms with Gasteiger partial charge < -0.3 is 14.3 Å². The molecule has 0 spiro atoms. The maximum atomic E-state index is 13.0. The Bertz CT molecular complexity index is 841. The number of likely N-dealkylation sites (tertiary alicyclic amines) is 1. The Morgan fingerprint density at radius 1 is 1.10 bits per heavy atom.